The summed E-state index contributed by atoms with van der Waals surface area (Å²) >= 11 is 6.49. The highest BCUT2D eigenvalue weighted by atomic mass is 35.5. The lowest BCUT2D eigenvalue weighted by atomic mass is 9.91. The van der Waals surface area contributed by atoms with Gasteiger partial charge in [-0.25, -0.2) is 4.98 Å². The first-order valence-corrected chi connectivity index (χ1v) is 14.4. The second-order valence-electron chi connectivity index (χ2n) is 10.9. The fraction of sp³-hybridized carbons (Fsp3) is 0.367. The van der Waals surface area contributed by atoms with Crippen LogP contribution in [0.1, 0.15) is 61.8 Å². The van der Waals surface area contributed by atoms with Crippen molar-refractivity contribution in [3.63, 3.8) is 0 Å². The first kappa shape index (κ1) is 27.0. The van der Waals surface area contributed by atoms with Gasteiger partial charge in [0, 0.05) is 18.9 Å². The average molecular weight is 587 g/mol. The normalized spacial score (nSPS) is 23.1. The zero-order valence-corrected chi connectivity index (χ0v) is 24.2. The summed E-state index contributed by atoms with van der Waals surface area (Å²) in [7, 11) is 0. The molecule has 0 spiro atoms. The van der Waals surface area contributed by atoms with E-state index in [0.29, 0.717) is 29.4 Å². The minimum atomic E-state index is -0.803. The van der Waals surface area contributed by atoms with Crippen molar-refractivity contribution in [2.45, 2.75) is 63.4 Å². The second-order valence-corrected chi connectivity index (χ2v) is 11.3. The number of ether oxygens (including phenoxy) is 3. The first-order chi connectivity index (χ1) is 20.4. The third-order valence-electron chi connectivity index (χ3n) is 7.73. The zero-order valence-electron chi connectivity index (χ0n) is 23.4. The fourth-order valence-electron chi connectivity index (χ4n) is 5.82. The van der Waals surface area contributed by atoms with E-state index < -0.39 is 30.3 Å². The van der Waals surface area contributed by atoms with Crippen LogP contribution in [0.15, 0.2) is 67.0 Å². The minimum Gasteiger partial charge on any atom is -0.367 e. The molecular weight excluding hydrogens is 556 g/mol. The maximum Gasteiger partial charge on any atom is 0.226 e. The Hall–Kier alpha value is -3.90. The van der Waals surface area contributed by atoms with E-state index in [1.54, 1.807) is 6.33 Å². The molecule has 2 aliphatic rings. The highest BCUT2D eigenvalue weighted by Crippen LogP contribution is 2.49. The molecule has 11 nitrogen and oxygen atoms in total. The maximum absolute atomic E-state index is 6.53. The van der Waals surface area contributed by atoms with Crippen molar-refractivity contribution in [3.05, 3.63) is 95.1 Å². The van der Waals surface area contributed by atoms with Crippen molar-refractivity contribution in [1.82, 2.24) is 34.7 Å². The molecule has 0 aliphatic carbocycles. The fourth-order valence-corrected chi connectivity index (χ4v) is 5.98. The van der Waals surface area contributed by atoms with E-state index in [1.165, 1.54) is 11.1 Å². The van der Waals surface area contributed by atoms with E-state index in [4.69, 9.17) is 30.8 Å². The van der Waals surface area contributed by atoms with Crippen LogP contribution in [-0.2, 0) is 20.6 Å². The number of nitrogens with one attached hydrogen (secondary N) is 2. The number of aromatic amines is 1. The van der Waals surface area contributed by atoms with Crippen molar-refractivity contribution >= 4 is 28.6 Å². The number of aryl methyl sites for hydroxylation is 1. The molecule has 0 radical (unpaired) electrons. The van der Waals surface area contributed by atoms with E-state index in [1.807, 2.05) is 61.7 Å². The van der Waals surface area contributed by atoms with Crippen molar-refractivity contribution < 1.29 is 14.2 Å². The van der Waals surface area contributed by atoms with Gasteiger partial charge < -0.3 is 24.5 Å². The Morgan fingerprint density at radius 3 is 2.33 bits per heavy atom. The van der Waals surface area contributed by atoms with Crippen LogP contribution in [0.25, 0.3) is 11.2 Å². The first-order valence-electron chi connectivity index (χ1n) is 14.1. The van der Waals surface area contributed by atoms with Gasteiger partial charge in [-0.15, -0.1) is 10.2 Å². The van der Waals surface area contributed by atoms with Crippen LogP contribution in [0.2, 0.25) is 5.28 Å². The molecular formula is C30H31ClN8O3. The van der Waals surface area contributed by atoms with Crippen LogP contribution in [0.5, 0.6) is 0 Å². The molecule has 42 heavy (non-hydrogen) atoms. The number of benzene rings is 2. The molecule has 2 saturated heterocycles. The molecule has 2 aromatic carbocycles. The number of rotatable bonds is 8. The van der Waals surface area contributed by atoms with Crippen LogP contribution < -0.4 is 5.32 Å². The molecule has 12 heteroatoms. The Morgan fingerprint density at radius 1 is 0.976 bits per heavy atom. The van der Waals surface area contributed by atoms with E-state index in [-0.39, 0.29) is 11.2 Å². The van der Waals surface area contributed by atoms with Gasteiger partial charge in [-0.05, 0) is 36.6 Å². The van der Waals surface area contributed by atoms with E-state index in [0.717, 1.165) is 12.2 Å². The van der Waals surface area contributed by atoms with Crippen molar-refractivity contribution in [3.8, 4) is 0 Å². The van der Waals surface area contributed by atoms with E-state index >= 15 is 0 Å². The smallest absolute Gasteiger partial charge is 0.226 e. The van der Waals surface area contributed by atoms with Gasteiger partial charge in [0.2, 0.25) is 5.28 Å². The molecule has 2 aliphatic heterocycles. The van der Waals surface area contributed by atoms with Gasteiger partial charge in [-0.3, -0.25) is 4.57 Å². The topological polar surface area (TPSA) is 125 Å². The summed E-state index contributed by atoms with van der Waals surface area (Å²) in [6.07, 6.45) is 0.452. The van der Waals surface area contributed by atoms with E-state index in [9.17, 15) is 0 Å². The molecule has 3 aromatic heterocycles. The summed E-state index contributed by atoms with van der Waals surface area (Å²) in [4.78, 5) is 17.0. The highest BCUT2D eigenvalue weighted by Gasteiger charge is 2.57. The lowest BCUT2D eigenvalue weighted by molar-refractivity contribution is -0.198. The molecule has 0 bridgehead atoms. The molecule has 2 fully saturated rings. The maximum atomic E-state index is 6.53. The quantitative estimate of drug-likeness (QED) is 0.236. The highest BCUT2D eigenvalue weighted by molar-refractivity contribution is 6.28. The van der Waals surface area contributed by atoms with Gasteiger partial charge in [0.1, 0.15) is 24.1 Å². The second kappa shape index (κ2) is 10.7. The number of hydrogen-bond acceptors (Lipinski definition) is 9. The summed E-state index contributed by atoms with van der Waals surface area (Å²) in [5.41, 5.74) is 3.48. The summed E-state index contributed by atoms with van der Waals surface area (Å²) in [5, 5.41) is 12.1. The largest absolute Gasteiger partial charge is 0.367 e. The third kappa shape index (κ3) is 4.92. The number of aromatic nitrogens is 7. The number of hydrogen-bond donors (Lipinski definition) is 2. The Labute approximate surface area is 247 Å². The van der Waals surface area contributed by atoms with Crippen molar-refractivity contribution in [2.24, 2.45) is 0 Å². The lowest BCUT2D eigenvalue weighted by Crippen LogP contribution is -2.27. The van der Waals surface area contributed by atoms with Crippen molar-refractivity contribution in [1.29, 1.82) is 0 Å². The standard InChI is InChI=1S/C30H31ClN8O3/c1-4-20-34-26(38-37-20)23-22-24(42-30(2,3)41-22)28(40-23)39-16-33-21-25(35-29(31)36-27(21)39)32-15-19(17-11-7-5-8-12-17)18-13-9-6-10-14-18/h5-14,16,19,22-24,28H,4,15H2,1-3H3,(H,32,35,36)(H,34,37,38)/t22-,23?,24-,28?/m1/s1. The van der Waals surface area contributed by atoms with E-state index in [2.05, 4.69) is 54.7 Å². The zero-order chi connectivity index (χ0) is 28.8. The minimum absolute atomic E-state index is 0.0825. The molecule has 2 N–H and O–H groups in total. The number of halogens is 1. The molecule has 0 amide bonds. The predicted octanol–water partition coefficient (Wildman–Crippen LogP) is 5.19. The molecule has 2 unspecified atom stereocenters. The molecule has 0 saturated carbocycles. The molecule has 4 atom stereocenters. The number of H-pyrrole nitrogens is 1. The van der Waals surface area contributed by atoms with Gasteiger partial charge in [0.25, 0.3) is 0 Å². The number of fused-ring (bicyclic) bond motifs is 2. The Bertz CT molecular complexity index is 1650. The molecule has 216 valence electrons. The lowest BCUT2D eigenvalue weighted by Gasteiger charge is -2.24. The summed E-state index contributed by atoms with van der Waals surface area (Å²) in [5.74, 6) is 1.19. The number of nitrogens with zero attached hydrogens (tertiary/aromatic N) is 6. The van der Waals surface area contributed by atoms with Crippen LogP contribution in [-0.4, -0.2) is 59.2 Å². The van der Waals surface area contributed by atoms with Gasteiger partial charge in [0.15, 0.2) is 34.8 Å². The average Bonchev–Trinajstić information content (AvgIpc) is 3.77. The predicted molar refractivity (Wildman–Crippen MR) is 156 cm³/mol. The molecule has 5 heterocycles. The van der Waals surface area contributed by atoms with Gasteiger partial charge in [-0.1, -0.05) is 67.6 Å². The third-order valence-corrected chi connectivity index (χ3v) is 7.90. The van der Waals surface area contributed by atoms with Crippen LogP contribution in [0.4, 0.5) is 5.82 Å². The molecule has 7 rings (SSSR count). The Morgan fingerprint density at radius 2 is 1.67 bits per heavy atom. The SMILES string of the molecule is CCc1nnc(C2OC(n3cnc4c(NCC(c5ccccc5)c5ccccc5)nc(Cl)nc43)[C@@H]3OC(C)(C)O[C@H]23)[nH]1. The van der Waals surface area contributed by atoms with Crippen molar-refractivity contribution in [2.75, 3.05) is 11.9 Å². The molecule has 5 aromatic rings. The summed E-state index contributed by atoms with van der Waals surface area (Å²) in [6.45, 7) is 6.37. The number of anilines is 1. The summed E-state index contributed by atoms with van der Waals surface area (Å²) in [6, 6.07) is 20.7. The van der Waals surface area contributed by atoms with Gasteiger partial charge >= 0.3 is 0 Å². The number of imidazole rings is 1. The Balaban J connectivity index is 1.21. The van der Waals surface area contributed by atoms with Crippen LogP contribution >= 0.6 is 11.6 Å². The summed E-state index contributed by atoms with van der Waals surface area (Å²) < 4.78 is 21.0. The van der Waals surface area contributed by atoms with Gasteiger partial charge in [-0.2, -0.15) is 9.97 Å². The monoisotopic (exact) mass is 586 g/mol. The van der Waals surface area contributed by atoms with Gasteiger partial charge in [0.05, 0.1) is 6.33 Å². The Kier molecular flexibility index (Phi) is 6.89. The van der Waals surface area contributed by atoms with Crippen LogP contribution in [0.3, 0.4) is 0 Å². The van der Waals surface area contributed by atoms with Crippen LogP contribution in [0, 0.1) is 0 Å².